The Morgan fingerprint density at radius 1 is 1.13 bits per heavy atom. The van der Waals surface area contributed by atoms with Gasteiger partial charge in [0.1, 0.15) is 5.58 Å². The number of halogens is 3. The fourth-order valence-electron chi connectivity index (χ4n) is 2.32. The van der Waals surface area contributed by atoms with Gasteiger partial charge in [-0.1, -0.05) is 12.1 Å². The van der Waals surface area contributed by atoms with Gasteiger partial charge in [-0.2, -0.15) is 0 Å². The molecule has 1 amide bonds. The zero-order chi connectivity index (χ0) is 16.6. The van der Waals surface area contributed by atoms with Gasteiger partial charge in [-0.15, -0.1) is 0 Å². The molecule has 2 aromatic carbocycles. The topological polar surface area (TPSA) is 42.2 Å². The highest BCUT2D eigenvalue weighted by Crippen LogP contribution is 2.24. The van der Waals surface area contributed by atoms with Crippen LogP contribution in [-0.2, 0) is 11.2 Å². The van der Waals surface area contributed by atoms with E-state index in [2.05, 4.69) is 5.32 Å². The van der Waals surface area contributed by atoms with Crippen molar-refractivity contribution >= 4 is 22.6 Å². The minimum atomic E-state index is -1.62. The first-order chi connectivity index (χ1) is 11.0. The highest BCUT2D eigenvalue weighted by atomic mass is 19.2. The normalized spacial score (nSPS) is 11.0. The summed E-state index contributed by atoms with van der Waals surface area (Å²) in [7, 11) is 0. The second kappa shape index (κ2) is 5.79. The van der Waals surface area contributed by atoms with Crippen LogP contribution in [0.1, 0.15) is 11.1 Å². The van der Waals surface area contributed by atoms with Crippen molar-refractivity contribution in [2.45, 2.75) is 13.3 Å². The lowest BCUT2D eigenvalue weighted by Crippen LogP contribution is -2.16. The van der Waals surface area contributed by atoms with E-state index in [-0.39, 0.29) is 6.42 Å². The van der Waals surface area contributed by atoms with Gasteiger partial charge in [-0.05, 0) is 30.7 Å². The Kier molecular flexibility index (Phi) is 3.82. The molecular weight excluding hydrogens is 307 g/mol. The summed E-state index contributed by atoms with van der Waals surface area (Å²) in [6, 6.07) is 7.28. The molecule has 1 heterocycles. The predicted molar refractivity (Wildman–Crippen MR) is 79.6 cm³/mol. The molecule has 3 aromatic rings. The second-order valence-electron chi connectivity index (χ2n) is 5.21. The molecule has 0 saturated heterocycles. The van der Waals surface area contributed by atoms with Crippen LogP contribution in [0.2, 0.25) is 0 Å². The molecule has 118 valence electrons. The first-order valence-electron chi connectivity index (χ1n) is 6.86. The summed E-state index contributed by atoms with van der Waals surface area (Å²) in [5, 5.41) is 3.00. The largest absolute Gasteiger partial charge is 0.464 e. The number of anilines is 1. The maximum absolute atomic E-state index is 13.6. The molecule has 3 rings (SSSR count). The van der Waals surface area contributed by atoms with Gasteiger partial charge in [0.2, 0.25) is 5.91 Å². The number of furan rings is 1. The zero-order valence-corrected chi connectivity index (χ0v) is 12.1. The third-order valence-corrected chi connectivity index (χ3v) is 3.47. The van der Waals surface area contributed by atoms with Gasteiger partial charge < -0.3 is 9.73 Å². The summed E-state index contributed by atoms with van der Waals surface area (Å²) in [5.74, 6) is -4.91. The number of fused-ring (bicyclic) bond motifs is 1. The van der Waals surface area contributed by atoms with E-state index in [0.717, 1.165) is 23.1 Å². The molecular formula is C17H12F3NO2. The first kappa shape index (κ1) is 15.1. The molecule has 0 aliphatic carbocycles. The van der Waals surface area contributed by atoms with Crippen LogP contribution in [0, 0.1) is 24.4 Å². The van der Waals surface area contributed by atoms with Crippen LogP contribution in [0.25, 0.3) is 11.0 Å². The number of hydrogen-bond acceptors (Lipinski definition) is 2. The zero-order valence-electron chi connectivity index (χ0n) is 12.1. The van der Waals surface area contributed by atoms with E-state index < -0.39 is 29.0 Å². The van der Waals surface area contributed by atoms with E-state index in [1.54, 1.807) is 0 Å². The molecule has 23 heavy (non-hydrogen) atoms. The van der Waals surface area contributed by atoms with Crippen LogP contribution in [0.4, 0.5) is 18.9 Å². The van der Waals surface area contributed by atoms with Crippen LogP contribution in [0.3, 0.4) is 0 Å². The average molecular weight is 319 g/mol. The van der Waals surface area contributed by atoms with Crippen LogP contribution in [0.5, 0.6) is 0 Å². The average Bonchev–Trinajstić information content (AvgIpc) is 2.90. The quantitative estimate of drug-likeness (QED) is 0.730. The van der Waals surface area contributed by atoms with Crippen LogP contribution in [-0.4, -0.2) is 5.91 Å². The Hall–Kier alpha value is -2.76. The van der Waals surface area contributed by atoms with Crippen LogP contribution in [0.15, 0.2) is 41.0 Å². The Bertz CT molecular complexity index is 902. The molecule has 0 radical (unpaired) electrons. The molecule has 0 aliphatic rings. The van der Waals surface area contributed by atoms with E-state index in [1.807, 2.05) is 25.1 Å². The van der Waals surface area contributed by atoms with Crippen LogP contribution < -0.4 is 5.32 Å². The number of benzene rings is 2. The lowest BCUT2D eigenvalue weighted by atomic mass is 10.1. The van der Waals surface area contributed by atoms with E-state index in [0.29, 0.717) is 11.1 Å². The molecule has 0 saturated carbocycles. The van der Waals surface area contributed by atoms with Crippen molar-refractivity contribution in [2.24, 2.45) is 0 Å². The SMILES string of the molecule is Cc1ccc2c(CC(=O)Nc3ccc(F)c(F)c3F)coc2c1. The van der Waals surface area contributed by atoms with Crippen molar-refractivity contribution in [1.82, 2.24) is 0 Å². The number of carbonyl (C=O) groups excluding carboxylic acids is 1. The smallest absolute Gasteiger partial charge is 0.229 e. The summed E-state index contributed by atoms with van der Waals surface area (Å²) in [6.45, 7) is 1.92. The maximum Gasteiger partial charge on any atom is 0.229 e. The van der Waals surface area contributed by atoms with Gasteiger partial charge >= 0.3 is 0 Å². The third kappa shape index (κ3) is 2.92. The number of amides is 1. The highest BCUT2D eigenvalue weighted by molar-refractivity contribution is 5.95. The minimum absolute atomic E-state index is 0.0749. The number of carbonyl (C=O) groups is 1. The summed E-state index contributed by atoms with van der Waals surface area (Å²) >= 11 is 0. The van der Waals surface area contributed by atoms with Crippen molar-refractivity contribution in [3.8, 4) is 0 Å². The Morgan fingerprint density at radius 2 is 1.91 bits per heavy atom. The summed E-state index contributed by atoms with van der Waals surface area (Å²) in [4.78, 5) is 12.0. The third-order valence-electron chi connectivity index (χ3n) is 3.47. The van der Waals surface area contributed by atoms with Crippen molar-refractivity contribution < 1.29 is 22.4 Å². The molecule has 0 aliphatic heterocycles. The molecule has 3 nitrogen and oxygen atoms in total. The second-order valence-corrected chi connectivity index (χ2v) is 5.21. The van der Waals surface area contributed by atoms with Crippen LogP contribution >= 0.6 is 0 Å². The molecule has 0 bridgehead atoms. The molecule has 1 aromatic heterocycles. The number of aryl methyl sites for hydroxylation is 1. The Morgan fingerprint density at radius 3 is 2.70 bits per heavy atom. The van der Waals surface area contributed by atoms with E-state index in [1.165, 1.54) is 6.26 Å². The van der Waals surface area contributed by atoms with Gasteiger partial charge in [-0.25, -0.2) is 13.2 Å². The molecule has 0 fully saturated rings. The minimum Gasteiger partial charge on any atom is -0.464 e. The summed E-state index contributed by atoms with van der Waals surface area (Å²) in [6.07, 6.45) is 1.37. The monoisotopic (exact) mass is 319 g/mol. The molecule has 6 heteroatoms. The Labute approximate surface area is 129 Å². The van der Waals surface area contributed by atoms with Crippen molar-refractivity contribution in [3.63, 3.8) is 0 Å². The van der Waals surface area contributed by atoms with Crippen molar-refractivity contribution in [1.29, 1.82) is 0 Å². The standard InChI is InChI=1S/C17H12F3NO2/c1-9-2-3-11-10(8-23-14(11)6-9)7-15(22)21-13-5-4-12(18)16(19)17(13)20/h2-6,8H,7H2,1H3,(H,21,22). The van der Waals surface area contributed by atoms with Crippen molar-refractivity contribution in [3.05, 3.63) is 65.2 Å². The fourth-order valence-corrected chi connectivity index (χ4v) is 2.32. The van der Waals surface area contributed by atoms with Gasteiger partial charge in [0, 0.05) is 10.9 Å². The van der Waals surface area contributed by atoms with Gasteiger partial charge in [0.15, 0.2) is 17.5 Å². The number of rotatable bonds is 3. The van der Waals surface area contributed by atoms with Crippen molar-refractivity contribution in [2.75, 3.05) is 5.32 Å². The lowest BCUT2D eigenvalue weighted by molar-refractivity contribution is -0.115. The maximum atomic E-state index is 13.6. The number of nitrogens with one attached hydrogen (secondary N) is 1. The number of hydrogen-bond donors (Lipinski definition) is 1. The van der Waals surface area contributed by atoms with Gasteiger partial charge in [-0.3, -0.25) is 4.79 Å². The van der Waals surface area contributed by atoms with E-state index >= 15 is 0 Å². The fraction of sp³-hybridized carbons (Fsp3) is 0.118. The molecule has 1 N–H and O–H groups in total. The van der Waals surface area contributed by atoms with Gasteiger partial charge in [0.05, 0.1) is 18.4 Å². The molecule has 0 unspecified atom stereocenters. The highest BCUT2D eigenvalue weighted by Gasteiger charge is 2.16. The summed E-state index contributed by atoms with van der Waals surface area (Å²) < 4.78 is 44.9. The van der Waals surface area contributed by atoms with E-state index in [9.17, 15) is 18.0 Å². The Balaban J connectivity index is 1.80. The van der Waals surface area contributed by atoms with E-state index in [4.69, 9.17) is 4.42 Å². The van der Waals surface area contributed by atoms with Gasteiger partial charge in [0.25, 0.3) is 0 Å². The first-order valence-corrected chi connectivity index (χ1v) is 6.86. The lowest BCUT2D eigenvalue weighted by Gasteiger charge is -2.07. The predicted octanol–water partition coefficient (Wildman–Crippen LogP) is 4.34. The molecule has 0 atom stereocenters. The summed E-state index contributed by atoms with van der Waals surface area (Å²) in [5.41, 5.74) is 1.89. The molecule has 0 spiro atoms.